The number of nitrogens with two attached hydrogens (primary N) is 1. The van der Waals surface area contributed by atoms with Gasteiger partial charge in [0.05, 0.1) is 13.9 Å². The van der Waals surface area contributed by atoms with Gasteiger partial charge in [0, 0.05) is 18.3 Å². The molecule has 0 unspecified atom stereocenters. The Kier molecular flexibility index (Phi) is 5.10. The molecule has 0 aliphatic rings. The molecule has 0 saturated heterocycles. The van der Waals surface area contributed by atoms with Crippen LogP contribution in [0.2, 0.25) is 0 Å². The molecule has 7 nitrogen and oxygen atoms in total. The van der Waals surface area contributed by atoms with E-state index >= 15 is 0 Å². The summed E-state index contributed by atoms with van der Waals surface area (Å²) in [5.41, 5.74) is 3.28. The number of pyridine rings is 1. The minimum Gasteiger partial charge on any atom is -0.487 e. The lowest BCUT2D eigenvalue weighted by atomic mass is 10.2. The normalized spacial score (nSPS) is 10.2. The highest BCUT2D eigenvalue weighted by atomic mass is 79.9. The van der Waals surface area contributed by atoms with Gasteiger partial charge in [-0.1, -0.05) is 0 Å². The van der Waals surface area contributed by atoms with E-state index in [2.05, 4.69) is 42.3 Å². The van der Waals surface area contributed by atoms with E-state index in [9.17, 15) is 10.1 Å². The molecule has 1 aromatic heterocycles. The second-order valence-electron chi connectivity index (χ2n) is 3.98. The Morgan fingerprint density at radius 2 is 2.00 bits per heavy atom. The maximum atomic E-state index is 10.8. The van der Waals surface area contributed by atoms with E-state index in [0.29, 0.717) is 20.5 Å². The number of benzene rings is 1. The molecule has 0 aliphatic carbocycles. The van der Waals surface area contributed by atoms with Gasteiger partial charge in [0.15, 0.2) is 0 Å². The van der Waals surface area contributed by atoms with Crippen LogP contribution in [0.4, 0.5) is 11.5 Å². The molecular formula is C12H10Br2N4O3. The fourth-order valence-corrected chi connectivity index (χ4v) is 2.98. The van der Waals surface area contributed by atoms with Crippen molar-refractivity contribution in [1.82, 2.24) is 4.98 Å². The number of nitro groups is 1. The number of hydrogen-bond donors (Lipinski definition) is 2. The molecule has 0 aliphatic heterocycles. The SMILES string of the molecule is NNc1cc(COc2c(Br)cc([N+](=O)[O-])cc2Br)ccn1. The maximum absolute atomic E-state index is 10.8. The predicted octanol–water partition coefficient (Wildman–Crippen LogP) is 3.38. The van der Waals surface area contributed by atoms with Crippen molar-refractivity contribution in [2.75, 3.05) is 5.43 Å². The van der Waals surface area contributed by atoms with Gasteiger partial charge in [0.1, 0.15) is 18.2 Å². The lowest BCUT2D eigenvalue weighted by molar-refractivity contribution is -0.385. The van der Waals surface area contributed by atoms with Gasteiger partial charge in [0.2, 0.25) is 0 Å². The topological polar surface area (TPSA) is 103 Å². The van der Waals surface area contributed by atoms with E-state index in [1.54, 1.807) is 18.3 Å². The number of nitrogen functional groups attached to an aromatic ring is 1. The fraction of sp³-hybridized carbons (Fsp3) is 0.0833. The summed E-state index contributed by atoms with van der Waals surface area (Å²) in [4.78, 5) is 14.3. The second-order valence-corrected chi connectivity index (χ2v) is 5.69. The van der Waals surface area contributed by atoms with Gasteiger partial charge in [-0.25, -0.2) is 10.8 Å². The number of nitrogens with one attached hydrogen (secondary N) is 1. The molecular weight excluding hydrogens is 408 g/mol. The Morgan fingerprint density at radius 3 is 2.57 bits per heavy atom. The Labute approximate surface area is 136 Å². The predicted molar refractivity (Wildman–Crippen MR) is 84.9 cm³/mol. The first-order valence-corrected chi connectivity index (χ1v) is 7.27. The number of anilines is 1. The lowest BCUT2D eigenvalue weighted by Crippen LogP contribution is -2.09. The minimum atomic E-state index is -0.471. The molecule has 1 aromatic carbocycles. The van der Waals surface area contributed by atoms with Crippen LogP contribution in [0.25, 0.3) is 0 Å². The van der Waals surface area contributed by atoms with E-state index in [-0.39, 0.29) is 12.3 Å². The van der Waals surface area contributed by atoms with Crippen molar-refractivity contribution in [3.63, 3.8) is 0 Å². The van der Waals surface area contributed by atoms with Crippen molar-refractivity contribution < 1.29 is 9.66 Å². The van der Waals surface area contributed by atoms with Crippen LogP contribution in [0.1, 0.15) is 5.56 Å². The van der Waals surface area contributed by atoms with Crippen LogP contribution < -0.4 is 16.0 Å². The first kappa shape index (κ1) is 15.7. The van der Waals surface area contributed by atoms with Crippen molar-refractivity contribution in [2.24, 2.45) is 5.84 Å². The monoisotopic (exact) mass is 416 g/mol. The van der Waals surface area contributed by atoms with Crippen LogP contribution in [0, 0.1) is 10.1 Å². The number of halogens is 2. The van der Waals surface area contributed by atoms with Crippen molar-refractivity contribution in [3.8, 4) is 5.75 Å². The van der Waals surface area contributed by atoms with Crippen molar-refractivity contribution in [3.05, 3.63) is 55.1 Å². The molecule has 0 fully saturated rings. The second kappa shape index (κ2) is 6.83. The summed E-state index contributed by atoms with van der Waals surface area (Å²) in [6, 6.07) is 6.31. The van der Waals surface area contributed by atoms with Crippen LogP contribution in [-0.4, -0.2) is 9.91 Å². The minimum absolute atomic E-state index is 0.0281. The number of nitrogens with zero attached hydrogens (tertiary/aromatic N) is 2. The average Bonchev–Trinajstić information content (AvgIpc) is 2.46. The van der Waals surface area contributed by atoms with Gasteiger partial charge in [-0.15, -0.1) is 0 Å². The molecule has 0 spiro atoms. The fourth-order valence-electron chi connectivity index (χ4n) is 1.59. The van der Waals surface area contributed by atoms with Crippen LogP contribution in [0.15, 0.2) is 39.4 Å². The quantitative estimate of drug-likeness (QED) is 0.439. The van der Waals surface area contributed by atoms with Gasteiger partial charge in [-0.05, 0) is 49.6 Å². The number of rotatable bonds is 5. The van der Waals surface area contributed by atoms with Gasteiger partial charge < -0.3 is 10.2 Å². The molecule has 1 heterocycles. The number of hydrogen-bond acceptors (Lipinski definition) is 6. The van der Waals surface area contributed by atoms with E-state index < -0.39 is 4.92 Å². The van der Waals surface area contributed by atoms with Gasteiger partial charge in [-0.3, -0.25) is 10.1 Å². The van der Waals surface area contributed by atoms with Crippen molar-refractivity contribution in [1.29, 1.82) is 0 Å². The molecule has 3 N–H and O–H groups in total. The maximum Gasteiger partial charge on any atom is 0.271 e. The number of aromatic nitrogens is 1. The van der Waals surface area contributed by atoms with E-state index in [1.165, 1.54) is 12.1 Å². The largest absolute Gasteiger partial charge is 0.487 e. The Morgan fingerprint density at radius 1 is 1.33 bits per heavy atom. The zero-order valence-electron chi connectivity index (χ0n) is 10.5. The molecule has 110 valence electrons. The summed E-state index contributed by atoms with van der Waals surface area (Å²) >= 11 is 6.53. The molecule has 0 bridgehead atoms. The molecule has 21 heavy (non-hydrogen) atoms. The number of ether oxygens (including phenoxy) is 1. The molecule has 0 atom stereocenters. The van der Waals surface area contributed by atoms with Crippen molar-refractivity contribution in [2.45, 2.75) is 6.61 Å². The summed E-state index contributed by atoms with van der Waals surface area (Å²) in [7, 11) is 0. The van der Waals surface area contributed by atoms with Crippen molar-refractivity contribution >= 4 is 43.4 Å². The van der Waals surface area contributed by atoms with E-state index in [4.69, 9.17) is 10.6 Å². The first-order chi connectivity index (χ1) is 10.0. The number of nitro benzene ring substituents is 1. The Hall–Kier alpha value is -1.71. The molecule has 2 aromatic rings. The van der Waals surface area contributed by atoms with Gasteiger partial charge in [0.25, 0.3) is 5.69 Å². The highest BCUT2D eigenvalue weighted by molar-refractivity contribution is 9.11. The average molecular weight is 418 g/mol. The van der Waals surface area contributed by atoms with Gasteiger partial charge in [-0.2, -0.15) is 0 Å². The third-order valence-corrected chi connectivity index (χ3v) is 3.73. The van der Waals surface area contributed by atoms with Gasteiger partial charge >= 0.3 is 0 Å². The number of hydrazine groups is 1. The summed E-state index contributed by atoms with van der Waals surface area (Å²) in [5, 5.41) is 10.8. The first-order valence-electron chi connectivity index (χ1n) is 5.69. The van der Waals surface area contributed by atoms with Crippen LogP contribution in [0.5, 0.6) is 5.75 Å². The lowest BCUT2D eigenvalue weighted by Gasteiger charge is -2.11. The molecule has 2 rings (SSSR count). The summed E-state index contributed by atoms with van der Waals surface area (Å²) in [6.45, 7) is 0.270. The van der Waals surface area contributed by atoms with E-state index in [1.807, 2.05) is 0 Å². The van der Waals surface area contributed by atoms with Crippen LogP contribution in [0.3, 0.4) is 0 Å². The highest BCUT2D eigenvalue weighted by Crippen LogP contribution is 2.37. The van der Waals surface area contributed by atoms with Crippen LogP contribution >= 0.6 is 31.9 Å². The Balaban J connectivity index is 2.18. The molecule has 0 saturated carbocycles. The molecule has 0 radical (unpaired) electrons. The summed E-state index contributed by atoms with van der Waals surface area (Å²) in [5.74, 6) is 6.30. The highest BCUT2D eigenvalue weighted by Gasteiger charge is 2.15. The van der Waals surface area contributed by atoms with Crippen LogP contribution in [-0.2, 0) is 6.61 Å². The summed E-state index contributed by atoms with van der Waals surface area (Å²) in [6.07, 6.45) is 1.60. The third-order valence-electron chi connectivity index (χ3n) is 2.55. The zero-order valence-corrected chi connectivity index (χ0v) is 13.7. The molecule has 9 heteroatoms. The number of non-ortho nitro benzene ring substituents is 1. The molecule has 0 amide bonds. The smallest absolute Gasteiger partial charge is 0.271 e. The Bertz CT molecular complexity index is 658. The zero-order chi connectivity index (χ0) is 15.4. The summed E-state index contributed by atoms with van der Waals surface area (Å²) < 4.78 is 6.67. The standard InChI is InChI=1S/C12H10Br2N4O3/c13-9-4-8(18(19)20)5-10(14)12(9)21-6-7-1-2-16-11(3-7)17-15/h1-5H,6,15H2,(H,16,17). The van der Waals surface area contributed by atoms with E-state index in [0.717, 1.165) is 5.56 Å². The third kappa shape index (κ3) is 3.90.